The molecule has 2 atom stereocenters. The van der Waals surface area contributed by atoms with E-state index in [4.69, 9.17) is 0 Å². The normalized spacial score (nSPS) is 22.0. The third-order valence-corrected chi connectivity index (χ3v) is 6.27. The molecule has 0 spiro atoms. The molecular formula is C24H28F2N4O2. The average molecular weight is 443 g/mol. The number of amides is 1. The number of carbonyl (C=O) groups is 2. The number of aromatic nitrogens is 1. The summed E-state index contributed by atoms with van der Waals surface area (Å²) < 4.78 is 27.0. The minimum absolute atomic E-state index is 0.111. The Hall–Kier alpha value is -2.71. The Morgan fingerprint density at radius 2 is 1.81 bits per heavy atom. The van der Waals surface area contributed by atoms with Crippen molar-refractivity contribution >= 4 is 11.7 Å². The van der Waals surface area contributed by atoms with Crippen LogP contribution in [0.1, 0.15) is 39.3 Å². The number of hydrogen-bond acceptors (Lipinski definition) is 5. The number of halogens is 2. The van der Waals surface area contributed by atoms with Crippen LogP contribution in [-0.4, -0.2) is 71.9 Å². The number of nitrogens with zero attached hydrogens (tertiary/aromatic N) is 3. The predicted octanol–water partition coefficient (Wildman–Crippen LogP) is 2.70. The molecular weight excluding hydrogens is 414 g/mol. The molecule has 2 aromatic rings. The van der Waals surface area contributed by atoms with Gasteiger partial charge in [-0.05, 0) is 48.7 Å². The summed E-state index contributed by atoms with van der Waals surface area (Å²) >= 11 is 0. The maximum atomic E-state index is 14.0. The van der Waals surface area contributed by atoms with Crippen LogP contribution in [0.4, 0.5) is 8.78 Å². The molecule has 1 aromatic heterocycles. The van der Waals surface area contributed by atoms with Crippen LogP contribution in [-0.2, 0) is 6.54 Å². The highest BCUT2D eigenvalue weighted by Crippen LogP contribution is 2.21. The molecule has 0 radical (unpaired) electrons. The molecule has 1 amide bonds. The molecule has 32 heavy (non-hydrogen) atoms. The highest BCUT2D eigenvalue weighted by Gasteiger charge is 2.28. The van der Waals surface area contributed by atoms with E-state index in [1.807, 2.05) is 0 Å². The molecule has 0 bridgehead atoms. The molecule has 170 valence electrons. The minimum Gasteiger partial charge on any atom is -0.336 e. The first-order chi connectivity index (χ1) is 15.5. The van der Waals surface area contributed by atoms with Gasteiger partial charge in [-0.15, -0.1) is 0 Å². The maximum absolute atomic E-state index is 14.0. The summed E-state index contributed by atoms with van der Waals surface area (Å²) in [6.07, 6.45) is 1.20. The van der Waals surface area contributed by atoms with Crippen LogP contribution < -0.4 is 5.32 Å². The predicted molar refractivity (Wildman–Crippen MR) is 117 cm³/mol. The van der Waals surface area contributed by atoms with Crippen molar-refractivity contribution in [2.24, 2.45) is 5.92 Å². The van der Waals surface area contributed by atoms with Gasteiger partial charge in [0.15, 0.2) is 5.78 Å². The first kappa shape index (κ1) is 22.5. The lowest BCUT2D eigenvalue weighted by Crippen LogP contribution is -2.48. The molecule has 1 aromatic carbocycles. The number of alkyl halides is 1. The third kappa shape index (κ3) is 5.55. The summed E-state index contributed by atoms with van der Waals surface area (Å²) in [5.41, 5.74) is 1.76. The second-order valence-electron chi connectivity index (χ2n) is 8.52. The lowest BCUT2D eigenvalue weighted by atomic mass is 9.90. The monoisotopic (exact) mass is 442 g/mol. The van der Waals surface area contributed by atoms with Gasteiger partial charge in [-0.1, -0.05) is 12.1 Å². The quantitative estimate of drug-likeness (QED) is 0.697. The van der Waals surface area contributed by atoms with Gasteiger partial charge in [0.25, 0.3) is 5.91 Å². The Kier molecular flexibility index (Phi) is 7.22. The highest BCUT2D eigenvalue weighted by atomic mass is 19.1. The number of hydrogen-bond donors (Lipinski definition) is 1. The molecule has 3 heterocycles. The molecule has 0 unspecified atom stereocenters. The third-order valence-electron chi connectivity index (χ3n) is 6.27. The Morgan fingerprint density at radius 1 is 1.06 bits per heavy atom. The molecule has 2 saturated heterocycles. The summed E-state index contributed by atoms with van der Waals surface area (Å²) in [5.74, 6) is -0.825. The standard InChI is InChI=1S/C24H28F2N4O2/c25-20-4-1-17(2-5-20)16-29-9-11-30(12-10-29)24(32)19-3-6-22(28-14-19)23(31)13-18-7-8-27-15-21(18)26/h1-6,14,18,21,27H,7-13,15-16H2/t18-,21-/m0/s1. The maximum Gasteiger partial charge on any atom is 0.255 e. The lowest BCUT2D eigenvalue weighted by Gasteiger charge is -2.34. The fourth-order valence-electron chi connectivity index (χ4n) is 4.27. The van der Waals surface area contributed by atoms with Gasteiger partial charge < -0.3 is 10.2 Å². The van der Waals surface area contributed by atoms with Gasteiger partial charge in [0.2, 0.25) is 0 Å². The molecule has 2 aliphatic rings. The number of benzene rings is 1. The van der Waals surface area contributed by atoms with Crippen LogP contribution in [0.25, 0.3) is 0 Å². The molecule has 0 aliphatic carbocycles. The smallest absolute Gasteiger partial charge is 0.255 e. The largest absolute Gasteiger partial charge is 0.336 e. The first-order valence-corrected chi connectivity index (χ1v) is 11.1. The van der Waals surface area contributed by atoms with Crippen molar-refractivity contribution in [3.63, 3.8) is 0 Å². The van der Waals surface area contributed by atoms with Crippen LogP contribution in [0, 0.1) is 11.7 Å². The fraction of sp³-hybridized carbons (Fsp3) is 0.458. The van der Waals surface area contributed by atoms with Gasteiger partial charge >= 0.3 is 0 Å². The number of piperidine rings is 1. The average Bonchev–Trinajstić information content (AvgIpc) is 2.82. The van der Waals surface area contributed by atoms with Crippen molar-refractivity contribution < 1.29 is 18.4 Å². The zero-order valence-electron chi connectivity index (χ0n) is 18.0. The highest BCUT2D eigenvalue weighted by molar-refractivity contribution is 5.97. The van der Waals surface area contributed by atoms with Crippen LogP contribution in [0.2, 0.25) is 0 Å². The summed E-state index contributed by atoms with van der Waals surface area (Å²) in [6, 6.07) is 9.66. The number of carbonyl (C=O) groups excluding carboxylic acids is 2. The van der Waals surface area contributed by atoms with Gasteiger partial charge in [0.1, 0.15) is 17.7 Å². The number of nitrogens with one attached hydrogen (secondary N) is 1. The molecule has 0 saturated carbocycles. The molecule has 2 aliphatic heterocycles. The van der Waals surface area contributed by atoms with Crippen LogP contribution >= 0.6 is 0 Å². The van der Waals surface area contributed by atoms with Crippen LogP contribution in [0.15, 0.2) is 42.6 Å². The molecule has 2 fully saturated rings. The van der Waals surface area contributed by atoms with E-state index >= 15 is 0 Å². The van der Waals surface area contributed by atoms with Gasteiger partial charge in [0, 0.05) is 51.9 Å². The van der Waals surface area contributed by atoms with E-state index in [0.717, 1.165) is 31.7 Å². The first-order valence-electron chi connectivity index (χ1n) is 11.1. The number of Topliss-reactive ketones (excluding diaryl/α,β-unsaturated/α-hetero) is 1. The van der Waals surface area contributed by atoms with E-state index in [2.05, 4.69) is 15.2 Å². The second-order valence-corrected chi connectivity index (χ2v) is 8.52. The van der Waals surface area contributed by atoms with Gasteiger partial charge in [-0.3, -0.25) is 19.5 Å². The molecule has 8 heteroatoms. The van der Waals surface area contributed by atoms with Crippen LogP contribution in [0.5, 0.6) is 0 Å². The summed E-state index contributed by atoms with van der Waals surface area (Å²) in [6.45, 7) is 4.37. The summed E-state index contributed by atoms with van der Waals surface area (Å²) in [5, 5.41) is 2.98. The van der Waals surface area contributed by atoms with Crippen molar-refractivity contribution in [2.75, 3.05) is 39.3 Å². The van der Waals surface area contributed by atoms with Crippen molar-refractivity contribution in [2.45, 2.75) is 25.6 Å². The summed E-state index contributed by atoms with van der Waals surface area (Å²) in [4.78, 5) is 33.5. The van der Waals surface area contributed by atoms with E-state index in [1.54, 1.807) is 29.2 Å². The van der Waals surface area contributed by atoms with E-state index in [9.17, 15) is 18.4 Å². The fourth-order valence-corrected chi connectivity index (χ4v) is 4.27. The summed E-state index contributed by atoms with van der Waals surface area (Å²) in [7, 11) is 0. The molecule has 6 nitrogen and oxygen atoms in total. The van der Waals surface area contributed by atoms with Crippen molar-refractivity contribution in [3.05, 3.63) is 65.2 Å². The number of piperazine rings is 1. The Labute approximate surface area is 186 Å². The van der Waals surface area contributed by atoms with E-state index in [0.29, 0.717) is 25.1 Å². The van der Waals surface area contributed by atoms with Gasteiger partial charge in [-0.2, -0.15) is 0 Å². The minimum atomic E-state index is -1.02. The van der Waals surface area contributed by atoms with Crippen LogP contribution in [0.3, 0.4) is 0 Å². The Morgan fingerprint density at radius 3 is 2.47 bits per heavy atom. The lowest BCUT2D eigenvalue weighted by molar-refractivity contribution is 0.0627. The van der Waals surface area contributed by atoms with Crippen molar-refractivity contribution in [3.8, 4) is 0 Å². The Bertz CT molecular complexity index is 928. The van der Waals surface area contributed by atoms with Gasteiger partial charge in [-0.25, -0.2) is 8.78 Å². The number of pyridine rings is 1. The van der Waals surface area contributed by atoms with E-state index in [1.165, 1.54) is 18.3 Å². The molecule has 4 rings (SSSR count). The topological polar surface area (TPSA) is 65.5 Å². The zero-order chi connectivity index (χ0) is 22.5. The van der Waals surface area contributed by atoms with Crippen molar-refractivity contribution in [1.29, 1.82) is 0 Å². The SMILES string of the molecule is O=C(C[C@@H]1CCNC[C@@H]1F)c1ccc(C(=O)N2CCN(Cc3ccc(F)cc3)CC2)cn1. The zero-order valence-corrected chi connectivity index (χ0v) is 18.0. The number of rotatable bonds is 6. The Balaban J connectivity index is 1.28. The number of ketones is 1. The van der Waals surface area contributed by atoms with E-state index < -0.39 is 6.17 Å². The van der Waals surface area contributed by atoms with Crippen molar-refractivity contribution in [1.82, 2.24) is 20.1 Å². The van der Waals surface area contributed by atoms with E-state index in [-0.39, 0.29) is 42.1 Å². The molecule has 1 N–H and O–H groups in total. The van der Waals surface area contributed by atoms with Gasteiger partial charge in [0.05, 0.1) is 5.56 Å². The second kappa shape index (κ2) is 10.3.